The summed E-state index contributed by atoms with van der Waals surface area (Å²) >= 11 is 0. The van der Waals surface area contributed by atoms with E-state index in [-0.39, 0.29) is 11.4 Å². The van der Waals surface area contributed by atoms with Gasteiger partial charge in [0.2, 0.25) is 10.0 Å². The molecular formula is C12H16N4O3S. The topological polar surface area (TPSA) is 110 Å². The number of anilines is 1. The van der Waals surface area contributed by atoms with Gasteiger partial charge in [-0.3, -0.25) is 5.10 Å². The highest BCUT2D eigenvalue weighted by atomic mass is 32.2. The molecule has 0 bridgehead atoms. The number of rotatable bonds is 5. The van der Waals surface area contributed by atoms with Gasteiger partial charge in [0.15, 0.2) is 0 Å². The summed E-state index contributed by atoms with van der Waals surface area (Å²) in [7, 11) is -2.07. The molecule has 8 heteroatoms. The van der Waals surface area contributed by atoms with E-state index in [0.29, 0.717) is 17.1 Å². The number of hydrogen-bond donors (Lipinski definition) is 3. The molecule has 0 aliphatic carbocycles. The maximum absolute atomic E-state index is 12.2. The van der Waals surface area contributed by atoms with E-state index < -0.39 is 10.0 Å². The number of aromatic amines is 1. The largest absolute Gasteiger partial charge is 0.496 e. The third kappa shape index (κ3) is 2.91. The molecule has 0 atom stereocenters. The van der Waals surface area contributed by atoms with Crippen LogP contribution in [0.5, 0.6) is 5.75 Å². The van der Waals surface area contributed by atoms with Crippen molar-refractivity contribution in [1.82, 2.24) is 14.9 Å². The van der Waals surface area contributed by atoms with Crippen LogP contribution in [0.3, 0.4) is 0 Å². The van der Waals surface area contributed by atoms with Crippen LogP contribution < -0.4 is 15.2 Å². The molecule has 0 saturated heterocycles. The predicted octanol–water partition coefficient (Wildman–Crippen LogP) is 0.787. The number of nitrogens with two attached hydrogens (primary N) is 1. The molecule has 2 rings (SSSR count). The molecule has 4 N–H and O–H groups in total. The van der Waals surface area contributed by atoms with Crippen molar-refractivity contribution in [3.63, 3.8) is 0 Å². The maximum atomic E-state index is 12.2. The van der Waals surface area contributed by atoms with Crippen LogP contribution in [0.1, 0.15) is 11.1 Å². The summed E-state index contributed by atoms with van der Waals surface area (Å²) in [6, 6.07) is 4.67. The van der Waals surface area contributed by atoms with Crippen LogP contribution in [0.2, 0.25) is 0 Å². The zero-order valence-corrected chi connectivity index (χ0v) is 12.0. The Balaban J connectivity index is 2.18. The second-order valence-electron chi connectivity index (χ2n) is 4.26. The summed E-state index contributed by atoms with van der Waals surface area (Å²) < 4.78 is 31.9. The average molecular weight is 296 g/mol. The molecule has 108 valence electrons. The van der Waals surface area contributed by atoms with E-state index in [9.17, 15) is 8.42 Å². The van der Waals surface area contributed by atoms with Crippen LogP contribution in [-0.4, -0.2) is 25.7 Å². The lowest BCUT2D eigenvalue weighted by Gasteiger charge is -2.09. The summed E-state index contributed by atoms with van der Waals surface area (Å²) in [5, 5.41) is 6.28. The van der Waals surface area contributed by atoms with Crippen molar-refractivity contribution < 1.29 is 13.2 Å². The Bertz CT molecular complexity index is 709. The van der Waals surface area contributed by atoms with Crippen molar-refractivity contribution in [1.29, 1.82) is 0 Å². The molecule has 0 spiro atoms. The fourth-order valence-corrected chi connectivity index (χ4v) is 2.83. The van der Waals surface area contributed by atoms with Crippen molar-refractivity contribution in [2.45, 2.75) is 18.4 Å². The Kier molecular flexibility index (Phi) is 3.96. The van der Waals surface area contributed by atoms with Crippen molar-refractivity contribution >= 4 is 15.8 Å². The van der Waals surface area contributed by atoms with Crippen LogP contribution in [0, 0.1) is 6.92 Å². The van der Waals surface area contributed by atoms with E-state index in [1.54, 1.807) is 19.1 Å². The fraction of sp³-hybridized carbons (Fsp3) is 0.250. The Labute approximate surface area is 117 Å². The van der Waals surface area contributed by atoms with E-state index in [2.05, 4.69) is 14.9 Å². The maximum Gasteiger partial charge on any atom is 0.240 e. The molecule has 1 aromatic carbocycles. The van der Waals surface area contributed by atoms with Gasteiger partial charge < -0.3 is 10.5 Å². The first-order chi connectivity index (χ1) is 9.44. The Morgan fingerprint density at radius 2 is 2.20 bits per heavy atom. The number of methoxy groups -OCH3 is 1. The number of hydrogen-bond acceptors (Lipinski definition) is 5. The predicted molar refractivity (Wildman–Crippen MR) is 74.8 cm³/mol. The molecule has 1 aromatic heterocycles. The Hall–Kier alpha value is -2.06. The van der Waals surface area contributed by atoms with Gasteiger partial charge in [0.1, 0.15) is 11.6 Å². The van der Waals surface area contributed by atoms with Crippen molar-refractivity contribution in [3.05, 3.63) is 35.5 Å². The fourth-order valence-electron chi connectivity index (χ4n) is 1.74. The lowest BCUT2D eigenvalue weighted by Crippen LogP contribution is -2.23. The Morgan fingerprint density at radius 3 is 2.75 bits per heavy atom. The number of sulfonamides is 1. The quantitative estimate of drug-likeness (QED) is 0.755. The summed E-state index contributed by atoms with van der Waals surface area (Å²) in [5.74, 6) is 0.988. The molecule has 2 aromatic rings. The van der Waals surface area contributed by atoms with E-state index in [4.69, 9.17) is 10.5 Å². The summed E-state index contributed by atoms with van der Waals surface area (Å²) in [5.41, 5.74) is 6.95. The third-order valence-electron chi connectivity index (χ3n) is 2.88. The van der Waals surface area contributed by atoms with Gasteiger partial charge in [-0.05, 0) is 30.7 Å². The second kappa shape index (κ2) is 5.51. The van der Waals surface area contributed by atoms with Crippen molar-refractivity contribution in [3.8, 4) is 5.75 Å². The highest BCUT2D eigenvalue weighted by Gasteiger charge is 2.16. The molecule has 1 heterocycles. The highest BCUT2D eigenvalue weighted by Crippen LogP contribution is 2.21. The average Bonchev–Trinajstić information content (AvgIpc) is 2.82. The molecule has 0 radical (unpaired) electrons. The van der Waals surface area contributed by atoms with E-state index in [0.717, 1.165) is 5.56 Å². The second-order valence-corrected chi connectivity index (χ2v) is 6.03. The van der Waals surface area contributed by atoms with E-state index in [1.165, 1.54) is 19.4 Å². The van der Waals surface area contributed by atoms with E-state index in [1.807, 2.05) is 0 Å². The van der Waals surface area contributed by atoms with Crippen LogP contribution in [0.4, 0.5) is 5.82 Å². The monoisotopic (exact) mass is 296 g/mol. The molecule has 0 aliphatic heterocycles. The van der Waals surface area contributed by atoms with E-state index >= 15 is 0 Å². The lowest BCUT2D eigenvalue weighted by molar-refractivity contribution is 0.411. The molecule has 20 heavy (non-hydrogen) atoms. The zero-order valence-electron chi connectivity index (χ0n) is 11.2. The highest BCUT2D eigenvalue weighted by molar-refractivity contribution is 7.89. The number of H-pyrrole nitrogens is 1. The first-order valence-corrected chi connectivity index (χ1v) is 7.34. The van der Waals surface area contributed by atoms with Gasteiger partial charge in [0.05, 0.1) is 18.2 Å². The minimum atomic E-state index is -3.60. The molecule has 0 unspecified atom stereocenters. The molecule has 0 aliphatic rings. The summed E-state index contributed by atoms with van der Waals surface area (Å²) in [6.45, 7) is 1.86. The van der Waals surface area contributed by atoms with Gasteiger partial charge in [0.25, 0.3) is 0 Å². The van der Waals surface area contributed by atoms with Gasteiger partial charge in [-0.15, -0.1) is 0 Å². The molecule has 0 fully saturated rings. The van der Waals surface area contributed by atoms with Gasteiger partial charge in [-0.2, -0.15) is 5.10 Å². The van der Waals surface area contributed by atoms with Crippen LogP contribution in [-0.2, 0) is 16.6 Å². The number of ether oxygens (including phenoxy) is 1. The first-order valence-electron chi connectivity index (χ1n) is 5.86. The molecular weight excluding hydrogens is 280 g/mol. The number of nitrogens with zero attached hydrogens (tertiary/aromatic N) is 1. The summed E-state index contributed by atoms with van der Waals surface area (Å²) in [6.07, 6.45) is 1.48. The minimum absolute atomic E-state index is 0.0791. The van der Waals surface area contributed by atoms with Crippen LogP contribution in [0.25, 0.3) is 0 Å². The number of nitrogens with one attached hydrogen (secondary N) is 2. The number of aryl methyl sites for hydroxylation is 1. The normalized spacial score (nSPS) is 11.5. The SMILES string of the molecule is COc1ccc(S(=O)(=O)NCc2cn[nH]c2N)cc1C. The molecule has 0 saturated carbocycles. The van der Waals surface area contributed by atoms with Gasteiger partial charge in [-0.1, -0.05) is 0 Å². The third-order valence-corrected chi connectivity index (χ3v) is 4.28. The van der Waals surface area contributed by atoms with Crippen LogP contribution >= 0.6 is 0 Å². The standard InChI is InChI=1S/C12H16N4O3S/c1-8-5-10(3-4-11(8)19-2)20(17,18)15-7-9-6-14-16-12(9)13/h3-6,15H,7H2,1-2H3,(H3,13,14,16). The molecule has 7 nitrogen and oxygen atoms in total. The van der Waals surface area contributed by atoms with Crippen molar-refractivity contribution in [2.75, 3.05) is 12.8 Å². The van der Waals surface area contributed by atoms with Crippen molar-refractivity contribution in [2.24, 2.45) is 0 Å². The number of benzene rings is 1. The number of nitrogen functional groups attached to an aromatic ring is 1. The van der Waals surface area contributed by atoms with Crippen LogP contribution in [0.15, 0.2) is 29.3 Å². The zero-order chi connectivity index (χ0) is 14.8. The first kappa shape index (κ1) is 14.4. The molecule has 0 amide bonds. The number of aromatic nitrogens is 2. The Morgan fingerprint density at radius 1 is 1.45 bits per heavy atom. The van der Waals surface area contributed by atoms with Gasteiger partial charge in [0, 0.05) is 12.1 Å². The minimum Gasteiger partial charge on any atom is -0.496 e. The summed E-state index contributed by atoms with van der Waals surface area (Å²) in [4.78, 5) is 0.179. The smallest absolute Gasteiger partial charge is 0.240 e. The van der Waals surface area contributed by atoms with Gasteiger partial charge >= 0.3 is 0 Å². The lowest BCUT2D eigenvalue weighted by atomic mass is 10.2. The van der Waals surface area contributed by atoms with Gasteiger partial charge in [-0.25, -0.2) is 13.1 Å².